The van der Waals surface area contributed by atoms with Crippen LogP contribution in [0.1, 0.15) is 32.6 Å². The first-order chi connectivity index (χ1) is 10.4. The zero-order valence-corrected chi connectivity index (χ0v) is 12.4. The number of aliphatic hydroxyl groups excluding tert-OH is 2. The van der Waals surface area contributed by atoms with Crippen molar-refractivity contribution in [2.45, 2.75) is 50.5 Å². The topological polar surface area (TPSA) is 134 Å². The SMILES string of the molecule is CCCCC[C@@]1(O)[C@H](O)[C@@H](CO)ON1n1ccc(N)nc1=O. The van der Waals surface area contributed by atoms with Crippen molar-refractivity contribution in [1.29, 1.82) is 0 Å². The minimum Gasteiger partial charge on any atom is -0.393 e. The van der Waals surface area contributed by atoms with Crippen LogP contribution in [0.2, 0.25) is 0 Å². The molecule has 9 nitrogen and oxygen atoms in total. The van der Waals surface area contributed by atoms with Gasteiger partial charge in [0.05, 0.1) is 6.61 Å². The molecule has 0 amide bonds. The fourth-order valence-electron chi connectivity index (χ4n) is 2.49. The third-order valence-electron chi connectivity index (χ3n) is 3.72. The Bertz CT molecular complexity index is 566. The minimum absolute atomic E-state index is 0.0363. The van der Waals surface area contributed by atoms with Crippen molar-refractivity contribution in [1.82, 2.24) is 9.66 Å². The summed E-state index contributed by atoms with van der Waals surface area (Å²) in [4.78, 5) is 20.8. The maximum Gasteiger partial charge on any atom is 0.370 e. The molecule has 0 unspecified atom stereocenters. The Morgan fingerprint density at radius 3 is 2.82 bits per heavy atom. The standard InChI is InChI=1S/C13H22N4O5/c1-2-3-4-6-13(21)11(19)9(8-18)22-17(13)16-7-5-10(14)15-12(16)20/h5,7,9,11,18-19,21H,2-4,6,8H2,1H3,(H2,14,15,20)/t9-,11-,13-/m1/s1. The summed E-state index contributed by atoms with van der Waals surface area (Å²) in [6.45, 7) is 1.51. The van der Waals surface area contributed by atoms with Gasteiger partial charge in [-0.25, -0.2) is 9.63 Å². The first-order valence-corrected chi connectivity index (χ1v) is 7.27. The molecule has 0 bridgehead atoms. The van der Waals surface area contributed by atoms with Crippen LogP contribution in [0.15, 0.2) is 17.1 Å². The number of aliphatic hydroxyl groups is 3. The molecule has 22 heavy (non-hydrogen) atoms. The molecule has 1 aliphatic heterocycles. The van der Waals surface area contributed by atoms with Crippen molar-refractivity contribution >= 4 is 5.82 Å². The molecule has 0 radical (unpaired) electrons. The Labute approximate surface area is 127 Å². The van der Waals surface area contributed by atoms with Gasteiger partial charge < -0.3 is 21.1 Å². The maximum atomic E-state index is 11.9. The maximum absolute atomic E-state index is 11.9. The second kappa shape index (κ2) is 6.61. The van der Waals surface area contributed by atoms with Gasteiger partial charge in [0.2, 0.25) is 5.72 Å². The van der Waals surface area contributed by atoms with Crippen LogP contribution in [0.3, 0.4) is 0 Å². The Balaban J connectivity index is 2.35. The molecule has 0 aliphatic carbocycles. The molecule has 1 aromatic rings. The number of unbranched alkanes of at least 4 members (excludes halogenated alkanes) is 2. The third kappa shape index (κ3) is 2.93. The van der Waals surface area contributed by atoms with E-state index in [0.717, 1.165) is 22.7 Å². The molecule has 124 valence electrons. The summed E-state index contributed by atoms with van der Waals surface area (Å²) in [7, 11) is 0. The molecule has 2 heterocycles. The van der Waals surface area contributed by atoms with Gasteiger partial charge in [0.15, 0.2) is 0 Å². The van der Waals surface area contributed by atoms with Crippen LogP contribution >= 0.6 is 0 Å². The van der Waals surface area contributed by atoms with Gasteiger partial charge >= 0.3 is 5.69 Å². The van der Waals surface area contributed by atoms with E-state index in [4.69, 9.17) is 10.6 Å². The molecule has 1 fully saturated rings. The lowest BCUT2D eigenvalue weighted by atomic mass is 9.97. The van der Waals surface area contributed by atoms with E-state index < -0.39 is 30.2 Å². The van der Waals surface area contributed by atoms with Gasteiger partial charge in [0.25, 0.3) is 0 Å². The van der Waals surface area contributed by atoms with E-state index in [2.05, 4.69) is 4.98 Å². The summed E-state index contributed by atoms with van der Waals surface area (Å²) >= 11 is 0. The van der Waals surface area contributed by atoms with Crippen molar-refractivity contribution in [3.05, 3.63) is 22.7 Å². The van der Waals surface area contributed by atoms with Crippen LogP contribution in [-0.4, -0.2) is 49.5 Å². The molecule has 0 saturated carbocycles. The van der Waals surface area contributed by atoms with E-state index in [1.54, 1.807) is 0 Å². The molecule has 9 heteroatoms. The van der Waals surface area contributed by atoms with Crippen molar-refractivity contribution < 1.29 is 20.2 Å². The van der Waals surface area contributed by atoms with Crippen molar-refractivity contribution in [3.63, 3.8) is 0 Å². The number of hydrogen-bond donors (Lipinski definition) is 4. The highest BCUT2D eigenvalue weighted by Crippen LogP contribution is 2.32. The van der Waals surface area contributed by atoms with Gasteiger partial charge in [-0.05, 0) is 12.5 Å². The van der Waals surface area contributed by atoms with Crippen molar-refractivity contribution in [2.75, 3.05) is 17.5 Å². The molecule has 0 aromatic carbocycles. The van der Waals surface area contributed by atoms with Gasteiger partial charge in [-0.1, -0.05) is 19.8 Å². The van der Waals surface area contributed by atoms with E-state index in [1.807, 2.05) is 6.92 Å². The fraction of sp³-hybridized carbons (Fsp3) is 0.692. The highest BCUT2D eigenvalue weighted by Gasteiger charge is 2.54. The number of nitrogens with two attached hydrogens (primary N) is 1. The lowest BCUT2D eigenvalue weighted by Crippen LogP contribution is -2.58. The van der Waals surface area contributed by atoms with E-state index >= 15 is 0 Å². The molecule has 0 spiro atoms. The summed E-state index contributed by atoms with van der Waals surface area (Å²) in [6.07, 6.45) is 1.48. The third-order valence-corrected chi connectivity index (χ3v) is 3.72. The monoisotopic (exact) mass is 314 g/mol. The van der Waals surface area contributed by atoms with Gasteiger partial charge in [0, 0.05) is 12.6 Å². The smallest absolute Gasteiger partial charge is 0.370 e. The molecule has 2 rings (SSSR count). The number of rotatable bonds is 6. The second-order valence-corrected chi connectivity index (χ2v) is 5.36. The van der Waals surface area contributed by atoms with Crippen LogP contribution in [0.4, 0.5) is 5.82 Å². The Morgan fingerprint density at radius 2 is 2.23 bits per heavy atom. The summed E-state index contributed by atoms with van der Waals surface area (Å²) in [5.74, 6) is 0.0363. The molecule has 3 atom stereocenters. The zero-order chi connectivity index (χ0) is 16.3. The van der Waals surface area contributed by atoms with E-state index in [-0.39, 0.29) is 12.2 Å². The van der Waals surface area contributed by atoms with Gasteiger partial charge in [-0.2, -0.15) is 9.66 Å². The average Bonchev–Trinajstić information content (AvgIpc) is 2.72. The Morgan fingerprint density at radius 1 is 1.50 bits per heavy atom. The number of anilines is 1. The van der Waals surface area contributed by atoms with Gasteiger partial charge in [-0.3, -0.25) is 0 Å². The first kappa shape index (κ1) is 16.7. The van der Waals surface area contributed by atoms with E-state index in [9.17, 15) is 20.1 Å². The number of aromatic nitrogens is 2. The zero-order valence-electron chi connectivity index (χ0n) is 12.4. The van der Waals surface area contributed by atoms with E-state index in [1.165, 1.54) is 12.3 Å². The van der Waals surface area contributed by atoms with Crippen molar-refractivity contribution in [2.24, 2.45) is 0 Å². The number of nitrogens with zero attached hydrogens (tertiary/aromatic N) is 3. The molecule has 1 aliphatic rings. The molecule has 1 aromatic heterocycles. The predicted molar refractivity (Wildman–Crippen MR) is 78.2 cm³/mol. The minimum atomic E-state index is -1.83. The number of nitrogen functional groups attached to an aromatic ring is 1. The predicted octanol–water partition coefficient (Wildman–Crippen LogP) is -1.30. The Hall–Kier alpha value is -1.68. The summed E-state index contributed by atoms with van der Waals surface area (Å²) in [5.41, 5.74) is 2.86. The highest BCUT2D eigenvalue weighted by atomic mass is 16.8. The second-order valence-electron chi connectivity index (χ2n) is 5.36. The molecule has 1 saturated heterocycles. The van der Waals surface area contributed by atoms with Gasteiger partial charge in [0.1, 0.15) is 18.0 Å². The summed E-state index contributed by atoms with van der Waals surface area (Å²) in [5, 5.41) is 31.2. The molecule has 5 N–H and O–H groups in total. The Kier molecular flexibility index (Phi) is 5.01. The molecular weight excluding hydrogens is 292 g/mol. The summed E-state index contributed by atoms with van der Waals surface area (Å²) < 4.78 is 0.932. The van der Waals surface area contributed by atoms with Gasteiger partial charge in [-0.15, -0.1) is 5.17 Å². The quantitative estimate of drug-likeness (QED) is 0.476. The largest absolute Gasteiger partial charge is 0.393 e. The lowest BCUT2D eigenvalue weighted by Gasteiger charge is -2.34. The number of hydroxylamine groups is 1. The molecular formula is C13H22N4O5. The highest BCUT2D eigenvalue weighted by molar-refractivity contribution is 5.24. The van der Waals surface area contributed by atoms with Crippen LogP contribution in [0.5, 0.6) is 0 Å². The first-order valence-electron chi connectivity index (χ1n) is 7.27. The number of hydrogen-bond acceptors (Lipinski definition) is 8. The van der Waals surface area contributed by atoms with Crippen LogP contribution < -0.4 is 16.6 Å². The van der Waals surface area contributed by atoms with Crippen molar-refractivity contribution in [3.8, 4) is 0 Å². The average molecular weight is 314 g/mol. The fourth-order valence-corrected chi connectivity index (χ4v) is 2.49. The van der Waals surface area contributed by atoms with Crippen LogP contribution in [0.25, 0.3) is 0 Å². The summed E-state index contributed by atoms with van der Waals surface area (Å²) in [6, 6.07) is 1.37. The van der Waals surface area contributed by atoms with Crippen LogP contribution in [0, 0.1) is 0 Å². The van der Waals surface area contributed by atoms with Crippen LogP contribution in [-0.2, 0) is 4.84 Å². The lowest BCUT2D eigenvalue weighted by molar-refractivity contribution is -0.0853. The van der Waals surface area contributed by atoms with E-state index in [0.29, 0.717) is 6.42 Å². The normalized spacial score (nSPS) is 28.3.